The normalized spacial score (nSPS) is 10.6. The minimum atomic E-state index is 0.592. The van der Waals surface area contributed by atoms with Crippen molar-refractivity contribution in [2.45, 2.75) is 26.2 Å². The zero-order valence-electron chi connectivity index (χ0n) is 6.13. The highest BCUT2D eigenvalue weighted by Gasteiger charge is 1.84. The zero-order valence-corrected chi connectivity index (χ0v) is 6.13. The van der Waals surface area contributed by atoms with Crippen LogP contribution in [0, 0.1) is 11.3 Å². The van der Waals surface area contributed by atoms with Crippen LogP contribution in [0.1, 0.15) is 26.2 Å². The minimum absolute atomic E-state index is 0.592. The number of carbonyl (C=O) groups is 1. The second-order valence-corrected chi connectivity index (χ2v) is 2.10. The van der Waals surface area contributed by atoms with Gasteiger partial charge >= 0.3 is 0 Å². The van der Waals surface area contributed by atoms with Crippen molar-refractivity contribution in [2.75, 3.05) is 0 Å². The summed E-state index contributed by atoms with van der Waals surface area (Å²) in [7, 11) is 0. The molecule has 0 aromatic rings. The van der Waals surface area contributed by atoms with Crippen molar-refractivity contribution in [3.63, 3.8) is 0 Å². The van der Waals surface area contributed by atoms with E-state index in [0.29, 0.717) is 6.42 Å². The molecule has 0 radical (unpaired) electrons. The van der Waals surface area contributed by atoms with E-state index in [1.54, 1.807) is 6.92 Å². The minimum Gasteiger partial charge on any atom is -0.303 e. The lowest BCUT2D eigenvalue weighted by molar-refractivity contribution is -0.107. The smallest absolute Gasteiger partial charge is 0.120 e. The van der Waals surface area contributed by atoms with E-state index in [2.05, 4.69) is 0 Å². The van der Waals surface area contributed by atoms with Crippen LogP contribution in [0.5, 0.6) is 0 Å². The van der Waals surface area contributed by atoms with Gasteiger partial charge in [0.25, 0.3) is 0 Å². The number of carbonyl (C=O) groups excluding carboxylic acids is 1. The van der Waals surface area contributed by atoms with Gasteiger partial charge in [0.15, 0.2) is 0 Å². The summed E-state index contributed by atoms with van der Waals surface area (Å²) in [6, 6.07) is 2.01. The maximum absolute atomic E-state index is 9.83. The Bertz CT molecular complexity index is 165. The molecule has 0 aromatic heterocycles. The average Bonchev–Trinajstić information content (AvgIpc) is 1.98. The van der Waals surface area contributed by atoms with E-state index < -0.39 is 0 Å². The number of hydrogen-bond acceptors (Lipinski definition) is 2. The molecule has 10 heavy (non-hydrogen) atoms. The summed E-state index contributed by atoms with van der Waals surface area (Å²) in [4.78, 5) is 9.83. The lowest BCUT2D eigenvalue weighted by Crippen LogP contribution is -1.75. The molecule has 54 valence electrons. The van der Waals surface area contributed by atoms with Gasteiger partial charge in [-0.25, -0.2) is 0 Å². The topological polar surface area (TPSA) is 40.9 Å². The fourth-order valence-electron chi connectivity index (χ4n) is 0.565. The highest BCUT2D eigenvalue weighted by molar-refractivity contribution is 5.49. The van der Waals surface area contributed by atoms with Crippen LogP contribution in [-0.4, -0.2) is 6.29 Å². The van der Waals surface area contributed by atoms with Gasteiger partial charge in [-0.3, -0.25) is 0 Å². The summed E-state index contributed by atoms with van der Waals surface area (Å²) in [6.07, 6.45) is 5.02. The van der Waals surface area contributed by atoms with Gasteiger partial charge < -0.3 is 4.79 Å². The molecule has 0 rings (SSSR count). The Balaban J connectivity index is 3.36. The third kappa shape index (κ3) is 5.04. The quantitative estimate of drug-likeness (QED) is 0.337. The second kappa shape index (κ2) is 6.03. The van der Waals surface area contributed by atoms with Crippen molar-refractivity contribution in [2.24, 2.45) is 0 Å². The molecule has 0 N–H and O–H groups in total. The molecule has 2 nitrogen and oxygen atoms in total. The summed E-state index contributed by atoms with van der Waals surface area (Å²) in [5, 5.41) is 8.30. The van der Waals surface area contributed by atoms with E-state index in [0.717, 1.165) is 24.7 Å². The molecule has 0 spiro atoms. The van der Waals surface area contributed by atoms with Crippen molar-refractivity contribution in [3.05, 3.63) is 11.6 Å². The van der Waals surface area contributed by atoms with Crippen LogP contribution < -0.4 is 0 Å². The lowest BCUT2D eigenvalue weighted by atomic mass is 10.2. The van der Waals surface area contributed by atoms with Gasteiger partial charge in [0.1, 0.15) is 6.29 Å². The maximum atomic E-state index is 9.83. The zero-order chi connectivity index (χ0) is 7.82. The summed E-state index contributed by atoms with van der Waals surface area (Å²) >= 11 is 0. The van der Waals surface area contributed by atoms with Gasteiger partial charge in [-0.05, 0) is 19.8 Å². The van der Waals surface area contributed by atoms with Crippen LogP contribution in [0.3, 0.4) is 0 Å². The molecule has 0 saturated heterocycles. The third-order valence-electron chi connectivity index (χ3n) is 1.15. The van der Waals surface area contributed by atoms with Crippen LogP contribution >= 0.6 is 0 Å². The number of allylic oxidation sites excluding steroid dienone is 2. The Morgan fingerprint density at radius 1 is 1.60 bits per heavy atom. The number of aldehydes is 1. The van der Waals surface area contributed by atoms with E-state index >= 15 is 0 Å². The Morgan fingerprint density at radius 2 is 2.30 bits per heavy atom. The Labute approximate surface area is 61.2 Å². The molecule has 0 fully saturated rings. The van der Waals surface area contributed by atoms with Gasteiger partial charge in [0.2, 0.25) is 0 Å². The third-order valence-corrected chi connectivity index (χ3v) is 1.15. The molecule has 0 amide bonds. The first kappa shape index (κ1) is 8.90. The van der Waals surface area contributed by atoms with Gasteiger partial charge in [-0.1, -0.05) is 6.08 Å². The van der Waals surface area contributed by atoms with Gasteiger partial charge in [-0.2, -0.15) is 5.26 Å². The maximum Gasteiger partial charge on any atom is 0.120 e. The van der Waals surface area contributed by atoms with E-state index in [9.17, 15) is 4.79 Å². The van der Waals surface area contributed by atoms with E-state index in [-0.39, 0.29) is 0 Å². The highest BCUT2D eigenvalue weighted by atomic mass is 16.1. The second-order valence-electron chi connectivity index (χ2n) is 2.10. The molecule has 0 unspecified atom stereocenters. The van der Waals surface area contributed by atoms with Crippen LogP contribution in [0.25, 0.3) is 0 Å². The van der Waals surface area contributed by atoms with E-state index in [4.69, 9.17) is 5.26 Å². The van der Waals surface area contributed by atoms with Gasteiger partial charge in [0, 0.05) is 12.0 Å². The molecule has 0 saturated carbocycles. The molecule has 0 aliphatic rings. The van der Waals surface area contributed by atoms with Crippen LogP contribution in [0.4, 0.5) is 0 Å². The predicted molar refractivity (Wildman–Crippen MR) is 39.3 cm³/mol. The Morgan fingerprint density at radius 3 is 2.80 bits per heavy atom. The van der Waals surface area contributed by atoms with Crippen LogP contribution in [0.2, 0.25) is 0 Å². The summed E-state index contributed by atoms with van der Waals surface area (Å²) in [5.41, 5.74) is 0.728. The fourth-order valence-corrected chi connectivity index (χ4v) is 0.565. The summed E-state index contributed by atoms with van der Waals surface area (Å²) in [6.45, 7) is 1.76. The van der Waals surface area contributed by atoms with Crippen molar-refractivity contribution in [3.8, 4) is 6.07 Å². The number of hydrogen-bond donors (Lipinski definition) is 0. The molecule has 0 aliphatic heterocycles. The first-order valence-corrected chi connectivity index (χ1v) is 3.31. The fraction of sp³-hybridized carbons (Fsp3) is 0.500. The molecular formula is C8H11NO. The summed E-state index contributed by atoms with van der Waals surface area (Å²) < 4.78 is 0. The van der Waals surface area contributed by atoms with E-state index in [1.807, 2.05) is 12.1 Å². The number of rotatable bonds is 4. The van der Waals surface area contributed by atoms with Crippen molar-refractivity contribution < 1.29 is 4.79 Å². The molecule has 0 bridgehead atoms. The largest absolute Gasteiger partial charge is 0.303 e. The first-order chi connectivity index (χ1) is 4.81. The SMILES string of the molecule is C/C(C#N)=C\CCCC=O. The molecule has 0 aromatic carbocycles. The number of nitrogens with zero attached hydrogens (tertiary/aromatic N) is 1. The molecular weight excluding hydrogens is 126 g/mol. The van der Waals surface area contributed by atoms with Crippen LogP contribution in [0.15, 0.2) is 11.6 Å². The molecule has 0 heterocycles. The highest BCUT2D eigenvalue weighted by Crippen LogP contribution is 1.98. The molecule has 2 heteroatoms. The lowest BCUT2D eigenvalue weighted by Gasteiger charge is -1.87. The van der Waals surface area contributed by atoms with Crippen molar-refractivity contribution >= 4 is 6.29 Å². The Kier molecular flexibility index (Phi) is 5.36. The predicted octanol–water partition coefficient (Wildman–Crippen LogP) is 1.83. The summed E-state index contributed by atoms with van der Waals surface area (Å²) in [5.74, 6) is 0. The van der Waals surface area contributed by atoms with E-state index in [1.165, 1.54) is 0 Å². The van der Waals surface area contributed by atoms with Crippen molar-refractivity contribution in [1.82, 2.24) is 0 Å². The number of unbranched alkanes of at least 4 members (excludes halogenated alkanes) is 2. The van der Waals surface area contributed by atoms with Gasteiger partial charge in [-0.15, -0.1) is 0 Å². The van der Waals surface area contributed by atoms with Gasteiger partial charge in [0.05, 0.1) is 6.07 Å². The number of nitriles is 1. The average molecular weight is 137 g/mol. The van der Waals surface area contributed by atoms with Crippen LogP contribution in [-0.2, 0) is 4.79 Å². The standard InChI is InChI=1S/C8H11NO/c1-8(7-9)5-3-2-4-6-10/h5-6H,2-4H2,1H3/b8-5+. The first-order valence-electron chi connectivity index (χ1n) is 3.31. The Hall–Kier alpha value is -1.10. The van der Waals surface area contributed by atoms with Crippen molar-refractivity contribution in [1.29, 1.82) is 5.26 Å². The molecule has 0 atom stereocenters. The monoisotopic (exact) mass is 137 g/mol. The molecule has 0 aliphatic carbocycles.